The molecule has 5 heterocycles. The predicted octanol–water partition coefficient (Wildman–Crippen LogP) is 3.15. The molecule has 6 rings (SSSR count). The van der Waals surface area contributed by atoms with Crippen molar-refractivity contribution >= 4 is 50.3 Å². The number of carbonyl (C=O) groups is 1. The smallest absolute Gasteiger partial charge is 0.341 e. The number of halogens is 2. The first kappa shape index (κ1) is 27.5. The number of aromatic amines is 1. The van der Waals surface area contributed by atoms with E-state index in [1.807, 2.05) is 23.9 Å². The fourth-order valence-electron chi connectivity index (χ4n) is 6.11. The van der Waals surface area contributed by atoms with Crippen LogP contribution < -0.4 is 15.6 Å². The van der Waals surface area contributed by atoms with Crippen molar-refractivity contribution in [2.45, 2.75) is 12.0 Å². The van der Waals surface area contributed by atoms with Crippen LogP contribution >= 0.6 is 0 Å². The first-order valence-corrected chi connectivity index (χ1v) is 13.3. The standard InChI is InChI=1S/C29H29F2N7O4/c1-32-19-8-18(30)22(31)20-21-24(38-6-5-29(42,13-38)12-36(2)3)16(10-33-26(21)35-23(19)20)14-7-15-25(39)17(28(40)41)11-37(4)27(15)34-9-14/h7-11,32,42H,5-6,12-13H2,1-4H3,(H,33,35)(H,40,41). The Bertz CT molecular complexity index is 1990. The van der Waals surface area contributed by atoms with Gasteiger partial charge in [0, 0.05) is 69.5 Å². The summed E-state index contributed by atoms with van der Waals surface area (Å²) in [5.74, 6) is -3.44. The Hall–Kier alpha value is -4.62. The van der Waals surface area contributed by atoms with Gasteiger partial charge in [-0.2, -0.15) is 0 Å². The van der Waals surface area contributed by atoms with Crippen LogP contribution in [0.3, 0.4) is 0 Å². The number of aryl methyl sites for hydroxylation is 1. The number of fused-ring (bicyclic) bond motifs is 4. The maximum absolute atomic E-state index is 15.6. The number of nitrogens with one attached hydrogen (secondary N) is 2. The molecule has 1 saturated heterocycles. The maximum Gasteiger partial charge on any atom is 0.341 e. The van der Waals surface area contributed by atoms with Crippen molar-refractivity contribution in [3.63, 3.8) is 0 Å². The average molecular weight is 578 g/mol. The minimum absolute atomic E-state index is 0.000393. The fourth-order valence-corrected chi connectivity index (χ4v) is 6.11. The molecule has 11 nitrogen and oxygen atoms in total. The monoisotopic (exact) mass is 577 g/mol. The number of pyridine rings is 3. The van der Waals surface area contributed by atoms with Crippen LogP contribution in [0.4, 0.5) is 20.2 Å². The molecule has 1 aromatic carbocycles. The largest absolute Gasteiger partial charge is 0.477 e. The average Bonchev–Trinajstić information content (AvgIpc) is 3.52. The van der Waals surface area contributed by atoms with Crippen LogP contribution in [-0.4, -0.2) is 87.0 Å². The number of aromatic nitrogens is 4. The highest BCUT2D eigenvalue weighted by Crippen LogP contribution is 2.45. The molecule has 5 aromatic rings. The number of hydrogen-bond acceptors (Lipinski definition) is 8. The van der Waals surface area contributed by atoms with E-state index in [9.17, 15) is 24.2 Å². The normalized spacial score (nSPS) is 17.3. The number of H-pyrrole nitrogens is 1. The van der Waals surface area contributed by atoms with Gasteiger partial charge in [0.25, 0.3) is 0 Å². The summed E-state index contributed by atoms with van der Waals surface area (Å²) in [6, 6.07) is 2.61. The van der Waals surface area contributed by atoms with Gasteiger partial charge in [-0.25, -0.2) is 23.5 Å². The van der Waals surface area contributed by atoms with Gasteiger partial charge in [0.05, 0.1) is 38.7 Å². The number of β-amino-alcohol motifs (C(OH)–C–C–N with tert-alkyl or cyclic N) is 1. The summed E-state index contributed by atoms with van der Waals surface area (Å²) in [6.45, 7) is 0.996. The predicted molar refractivity (Wildman–Crippen MR) is 156 cm³/mol. The Labute approximate surface area is 238 Å². The van der Waals surface area contributed by atoms with Crippen molar-refractivity contribution < 1.29 is 23.8 Å². The van der Waals surface area contributed by atoms with Gasteiger partial charge in [-0.1, -0.05) is 0 Å². The minimum Gasteiger partial charge on any atom is -0.477 e. The molecular weight excluding hydrogens is 548 g/mol. The van der Waals surface area contributed by atoms with Crippen molar-refractivity contribution in [2.75, 3.05) is 51.0 Å². The Morgan fingerprint density at radius 2 is 1.98 bits per heavy atom. The van der Waals surface area contributed by atoms with Gasteiger partial charge < -0.3 is 34.9 Å². The number of nitrogens with zero attached hydrogens (tertiary/aromatic N) is 5. The van der Waals surface area contributed by atoms with Crippen molar-refractivity contribution in [3.8, 4) is 11.1 Å². The molecule has 0 amide bonds. The molecule has 1 unspecified atom stereocenters. The number of aliphatic hydroxyl groups is 1. The summed E-state index contributed by atoms with van der Waals surface area (Å²) < 4.78 is 31.9. The number of hydrogen-bond donors (Lipinski definition) is 4. The zero-order valence-corrected chi connectivity index (χ0v) is 23.4. The molecule has 0 bridgehead atoms. The molecule has 1 aliphatic heterocycles. The number of carboxylic acids is 1. The highest BCUT2D eigenvalue weighted by Gasteiger charge is 2.39. The maximum atomic E-state index is 15.6. The molecule has 42 heavy (non-hydrogen) atoms. The van der Waals surface area contributed by atoms with Crippen molar-refractivity contribution in [2.24, 2.45) is 7.05 Å². The Morgan fingerprint density at radius 1 is 1.21 bits per heavy atom. The molecule has 4 N–H and O–H groups in total. The molecular formula is C29H29F2N7O4. The lowest BCUT2D eigenvalue weighted by Gasteiger charge is -2.28. The Morgan fingerprint density at radius 3 is 2.67 bits per heavy atom. The summed E-state index contributed by atoms with van der Waals surface area (Å²) in [4.78, 5) is 40.8. The third-order valence-corrected chi connectivity index (χ3v) is 7.85. The van der Waals surface area contributed by atoms with Crippen molar-refractivity contribution in [1.82, 2.24) is 24.4 Å². The summed E-state index contributed by atoms with van der Waals surface area (Å²) in [7, 11) is 6.92. The molecule has 4 aromatic heterocycles. The molecule has 0 radical (unpaired) electrons. The molecule has 1 atom stereocenters. The second-order valence-corrected chi connectivity index (χ2v) is 11.1. The van der Waals surface area contributed by atoms with Crippen molar-refractivity contribution in [1.29, 1.82) is 0 Å². The van der Waals surface area contributed by atoms with Crippen molar-refractivity contribution in [3.05, 3.63) is 58.1 Å². The molecule has 0 aliphatic carbocycles. The van der Waals surface area contributed by atoms with Gasteiger partial charge in [0.1, 0.15) is 16.9 Å². The van der Waals surface area contributed by atoms with E-state index in [1.165, 1.54) is 23.0 Å². The van der Waals surface area contributed by atoms with E-state index in [0.29, 0.717) is 58.6 Å². The van der Waals surface area contributed by atoms with Gasteiger partial charge in [-0.3, -0.25) is 4.79 Å². The summed E-state index contributed by atoms with van der Waals surface area (Å²) in [6.07, 6.45) is 4.73. The fraction of sp³-hybridized carbons (Fsp3) is 0.310. The van der Waals surface area contributed by atoms with E-state index in [-0.39, 0.29) is 23.0 Å². The SMILES string of the molecule is CNc1cc(F)c(F)c2c1[nH]c1ncc(-c3cnc4c(c3)c(=O)c(C(=O)O)cn4C)c(N3CCC(O)(CN(C)C)C3)c12. The zero-order chi connectivity index (χ0) is 30.1. The molecule has 13 heteroatoms. The molecule has 1 aliphatic rings. The second kappa shape index (κ2) is 9.74. The van der Waals surface area contributed by atoms with E-state index < -0.39 is 34.2 Å². The van der Waals surface area contributed by atoms with Crippen LogP contribution in [-0.2, 0) is 7.05 Å². The zero-order valence-electron chi connectivity index (χ0n) is 23.4. The lowest BCUT2D eigenvalue weighted by atomic mass is 10.0. The number of carboxylic acid groups (broad SMARTS) is 1. The minimum atomic E-state index is -1.36. The first-order chi connectivity index (χ1) is 19.9. The third kappa shape index (κ3) is 4.23. The Kier molecular flexibility index (Phi) is 6.39. The van der Waals surface area contributed by atoms with Gasteiger partial charge in [0.2, 0.25) is 5.43 Å². The highest BCUT2D eigenvalue weighted by molar-refractivity contribution is 6.18. The molecule has 218 valence electrons. The van der Waals surface area contributed by atoms with Crippen LogP contribution in [0.25, 0.3) is 44.1 Å². The molecule has 1 fully saturated rings. The van der Waals surface area contributed by atoms with Gasteiger partial charge in [-0.05, 0) is 26.6 Å². The van der Waals surface area contributed by atoms with E-state index >= 15 is 4.39 Å². The number of benzene rings is 1. The lowest BCUT2D eigenvalue weighted by molar-refractivity contribution is 0.0366. The third-order valence-electron chi connectivity index (χ3n) is 7.85. The lowest BCUT2D eigenvalue weighted by Crippen LogP contribution is -2.42. The quantitative estimate of drug-likeness (QED) is 0.240. The van der Waals surface area contributed by atoms with Gasteiger partial charge in [0.15, 0.2) is 11.6 Å². The van der Waals surface area contributed by atoms with E-state index in [0.717, 1.165) is 6.07 Å². The van der Waals surface area contributed by atoms with Crippen LogP contribution in [0.2, 0.25) is 0 Å². The molecule has 0 spiro atoms. The number of anilines is 2. The summed E-state index contributed by atoms with van der Waals surface area (Å²) in [5, 5.41) is 24.3. The van der Waals surface area contributed by atoms with Crippen LogP contribution in [0, 0.1) is 11.6 Å². The summed E-state index contributed by atoms with van der Waals surface area (Å²) >= 11 is 0. The topological polar surface area (TPSA) is 140 Å². The highest BCUT2D eigenvalue weighted by atomic mass is 19.2. The number of rotatable bonds is 6. The van der Waals surface area contributed by atoms with Gasteiger partial charge in [-0.15, -0.1) is 0 Å². The van der Waals surface area contributed by atoms with Crippen LogP contribution in [0.1, 0.15) is 16.8 Å². The van der Waals surface area contributed by atoms with Crippen LogP contribution in [0.5, 0.6) is 0 Å². The summed E-state index contributed by atoms with van der Waals surface area (Å²) in [5.41, 5.74) is 0.472. The number of aromatic carboxylic acids is 1. The van der Waals surface area contributed by atoms with E-state index in [2.05, 4.69) is 20.3 Å². The van der Waals surface area contributed by atoms with E-state index in [1.54, 1.807) is 20.3 Å². The van der Waals surface area contributed by atoms with Crippen LogP contribution in [0.15, 0.2) is 35.5 Å². The Balaban J connectivity index is 1.68. The first-order valence-electron chi connectivity index (χ1n) is 13.3. The second-order valence-electron chi connectivity index (χ2n) is 11.1. The van der Waals surface area contributed by atoms with Gasteiger partial charge >= 0.3 is 5.97 Å². The molecule has 0 saturated carbocycles. The van der Waals surface area contributed by atoms with E-state index in [4.69, 9.17) is 0 Å². The number of likely N-dealkylation sites (N-methyl/N-ethyl adjacent to an activating group) is 1.